The van der Waals surface area contributed by atoms with E-state index in [0.717, 1.165) is 5.56 Å². The highest BCUT2D eigenvalue weighted by Crippen LogP contribution is 2.28. The van der Waals surface area contributed by atoms with E-state index < -0.39 is 11.8 Å². The standard InChI is InChI=1S/C22H27N3O6/c1-5-30-18-9-7-15(11-20(18)31-6-2)13-24-25-21(26)14-23-22(27)16-8-10-17(28-3)19(12-16)29-4/h7-13H,5-6,14H2,1-4H3,(H,23,27)(H,25,26)/b24-13-. The van der Waals surface area contributed by atoms with Crippen LogP contribution in [0.4, 0.5) is 0 Å². The first kappa shape index (κ1) is 23.5. The van der Waals surface area contributed by atoms with E-state index in [0.29, 0.717) is 41.8 Å². The smallest absolute Gasteiger partial charge is 0.259 e. The summed E-state index contributed by atoms with van der Waals surface area (Å²) in [7, 11) is 2.99. The second kappa shape index (κ2) is 12.1. The van der Waals surface area contributed by atoms with Gasteiger partial charge < -0.3 is 24.3 Å². The molecule has 166 valence electrons. The average Bonchev–Trinajstić information content (AvgIpc) is 2.78. The van der Waals surface area contributed by atoms with E-state index >= 15 is 0 Å². The molecule has 2 aromatic rings. The molecule has 9 nitrogen and oxygen atoms in total. The maximum absolute atomic E-state index is 12.2. The Morgan fingerprint density at radius 1 is 0.903 bits per heavy atom. The highest BCUT2D eigenvalue weighted by Gasteiger charge is 2.12. The number of rotatable bonds is 11. The molecule has 0 saturated carbocycles. The maximum atomic E-state index is 12.2. The van der Waals surface area contributed by atoms with Crippen molar-refractivity contribution in [2.24, 2.45) is 5.10 Å². The van der Waals surface area contributed by atoms with Crippen molar-refractivity contribution in [2.45, 2.75) is 13.8 Å². The molecular weight excluding hydrogens is 402 g/mol. The van der Waals surface area contributed by atoms with Gasteiger partial charge in [0.05, 0.1) is 40.2 Å². The molecule has 0 aromatic heterocycles. The molecule has 0 fully saturated rings. The topological polar surface area (TPSA) is 107 Å². The number of nitrogens with zero attached hydrogens (tertiary/aromatic N) is 1. The van der Waals surface area contributed by atoms with E-state index in [2.05, 4.69) is 15.8 Å². The summed E-state index contributed by atoms with van der Waals surface area (Å²) in [5.74, 6) is 1.28. The molecular formula is C22H27N3O6. The summed E-state index contributed by atoms with van der Waals surface area (Å²) in [6.07, 6.45) is 1.48. The van der Waals surface area contributed by atoms with Crippen molar-refractivity contribution in [3.05, 3.63) is 47.5 Å². The Bertz CT molecular complexity index is 929. The monoisotopic (exact) mass is 429 g/mol. The molecule has 0 aliphatic heterocycles. The first-order valence-electron chi connectivity index (χ1n) is 9.74. The van der Waals surface area contributed by atoms with Crippen LogP contribution in [0.3, 0.4) is 0 Å². The number of methoxy groups -OCH3 is 2. The highest BCUT2D eigenvalue weighted by atomic mass is 16.5. The van der Waals surface area contributed by atoms with Crippen LogP contribution in [0.25, 0.3) is 0 Å². The lowest BCUT2D eigenvalue weighted by Crippen LogP contribution is -2.34. The van der Waals surface area contributed by atoms with Gasteiger partial charge in [-0.2, -0.15) is 5.10 Å². The van der Waals surface area contributed by atoms with Gasteiger partial charge in [-0.15, -0.1) is 0 Å². The molecule has 31 heavy (non-hydrogen) atoms. The van der Waals surface area contributed by atoms with Crippen molar-refractivity contribution in [3.8, 4) is 23.0 Å². The van der Waals surface area contributed by atoms with Gasteiger partial charge in [-0.3, -0.25) is 9.59 Å². The van der Waals surface area contributed by atoms with E-state index in [1.165, 1.54) is 26.5 Å². The number of hydrogen-bond acceptors (Lipinski definition) is 7. The summed E-state index contributed by atoms with van der Waals surface area (Å²) in [4.78, 5) is 24.2. The third-order valence-corrected chi connectivity index (χ3v) is 4.03. The number of benzene rings is 2. The maximum Gasteiger partial charge on any atom is 0.259 e. The van der Waals surface area contributed by atoms with Crippen molar-refractivity contribution >= 4 is 18.0 Å². The lowest BCUT2D eigenvalue weighted by atomic mass is 10.2. The third kappa shape index (κ3) is 6.91. The van der Waals surface area contributed by atoms with E-state index in [4.69, 9.17) is 18.9 Å². The van der Waals surface area contributed by atoms with Gasteiger partial charge >= 0.3 is 0 Å². The van der Waals surface area contributed by atoms with Crippen LogP contribution in [0, 0.1) is 0 Å². The van der Waals surface area contributed by atoms with Gasteiger partial charge in [-0.05, 0) is 55.8 Å². The lowest BCUT2D eigenvalue weighted by Gasteiger charge is -2.11. The first-order chi connectivity index (χ1) is 15.0. The van der Waals surface area contributed by atoms with Crippen molar-refractivity contribution in [3.63, 3.8) is 0 Å². The molecule has 2 rings (SSSR count). The Balaban J connectivity index is 1.89. The number of ether oxygens (including phenoxy) is 4. The van der Waals surface area contributed by atoms with Crippen LogP contribution in [0.2, 0.25) is 0 Å². The Labute approximate surface area is 181 Å². The molecule has 0 spiro atoms. The van der Waals surface area contributed by atoms with Gasteiger partial charge in [-0.1, -0.05) is 0 Å². The van der Waals surface area contributed by atoms with Crippen molar-refractivity contribution in [1.82, 2.24) is 10.7 Å². The van der Waals surface area contributed by atoms with Crippen molar-refractivity contribution < 1.29 is 28.5 Å². The van der Waals surface area contributed by atoms with E-state index in [1.54, 1.807) is 30.3 Å². The number of amides is 2. The second-order valence-electron chi connectivity index (χ2n) is 6.12. The highest BCUT2D eigenvalue weighted by molar-refractivity contribution is 5.97. The first-order valence-corrected chi connectivity index (χ1v) is 9.74. The number of carbonyl (C=O) groups is 2. The normalized spacial score (nSPS) is 10.5. The zero-order valence-electron chi connectivity index (χ0n) is 18.1. The predicted molar refractivity (Wildman–Crippen MR) is 116 cm³/mol. The fourth-order valence-electron chi connectivity index (χ4n) is 2.61. The fraction of sp³-hybridized carbons (Fsp3) is 0.318. The predicted octanol–water partition coefficient (Wildman–Crippen LogP) is 2.38. The molecule has 0 radical (unpaired) electrons. The Hall–Kier alpha value is -3.75. The fourth-order valence-corrected chi connectivity index (χ4v) is 2.61. The average molecular weight is 429 g/mol. The molecule has 0 aliphatic rings. The molecule has 0 aliphatic carbocycles. The molecule has 0 saturated heterocycles. The molecule has 0 atom stereocenters. The van der Waals surface area contributed by atoms with Crippen molar-refractivity contribution in [1.29, 1.82) is 0 Å². The largest absolute Gasteiger partial charge is 0.493 e. The van der Waals surface area contributed by atoms with E-state index in [1.807, 2.05) is 13.8 Å². The Morgan fingerprint density at radius 3 is 2.26 bits per heavy atom. The number of carbonyl (C=O) groups excluding carboxylic acids is 2. The molecule has 0 heterocycles. The summed E-state index contributed by atoms with van der Waals surface area (Å²) in [5.41, 5.74) is 3.43. The lowest BCUT2D eigenvalue weighted by molar-refractivity contribution is -0.120. The molecule has 2 amide bonds. The summed E-state index contributed by atoms with van der Waals surface area (Å²) >= 11 is 0. The molecule has 2 N–H and O–H groups in total. The SMILES string of the molecule is CCOc1ccc(/C=N\NC(=O)CNC(=O)c2ccc(OC)c(OC)c2)cc1OCC. The quantitative estimate of drug-likeness (QED) is 0.420. The second-order valence-corrected chi connectivity index (χ2v) is 6.12. The molecule has 2 aromatic carbocycles. The molecule has 0 unspecified atom stereocenters. The van der Waals surface area contributed by atoms with Crippen LogP contribution in [0.15, 0.2) is 41.5 Å². The van der Waals surface area contributed by atoms with Gasteiger partial charge in [-0.25, -0.2) is 5.43 Å². The van der Waals surface area contributed by atoms with Crippen LogP contribution in [-0.2, 0) is 4.79 Å². The van der Waals surface area contributed by atoms with Crippen LogP contribution >= 0.6 is 0 Å². The van der Waals surface area contributed by atoms with Gasteiger partial charge in [0.1, 0.15) is 0 Å². The Kier molecular flexibility index (Phi) is 9.15. The van der Waals surface area contributed by atoms with Gasteiger partial charge in [0.15, 0.2) is 23.0 Å². The summed E-state index contributed by atoms with van der Waals surface area (Å²) in [6.45, 7) is 4.56. The number of hydrogen-bond donors (Lipinski definition) is 2. The molecule has 9 heteroatoms. The number of nitrogens with one attached hydrogen (secondary N) is 2. The van der Waals surface area contributed by atoms with Gasteiger partial charge in [0.25, 0.3) is 11.8 Å². The summed E-state index contributed by atoms with van der Waals surface area (Å²) in [5, 5.41) is 6.44. The summed E-state index contributed by atoms with van der Waals surface area (Å²) in [6, 6.07) is 10.1. The summed E-state index contributed by atoms with van der Waals surface area (Å²) < 4.78 is 21.4. The van der Waals surface area contributed by atoms with Gasteiger partial charge in [0.2, 0.25) is 0 Å². The minimum atomic E-state index is -0.471. The zero-order valence-corrected chi connectivity index (χ0v) is 18.1. The van der Waals surface area contributed by atoms with Crippen LogP contribution < -0.4 is 29.7 Å². The third-order valence-electron chi connectivity index (χ3n) is 4.03. The van der Waals surface area contributed by atoms with Crippen molar-refractivity contribution in [2.75, 3.05) is 34.0 Å². The zero-order chi connectivity index (χ0) is 22.6. The van der Waals surface area contributed by atoms with Crippen LogP contribution in [-0.4, -0.2) is 52.0 Å². The number of hydrazone groups is 1. The van der Waals surface area contributed by atoms with E-state index in [-0.39, 0.29) is 6.54 Å². The molecule has 0 bridgehead atoms. The van der Waals surface area contributed by atoms with Crippen LogP contribution in [0.1, 0.15) is 29.8 Å². The minimum Gasteiger partial charge on any atom is -0.493 e. The Morgan fingerprint density at radius 2 is 1.58 bits per heavy atom. The van der Waals surface area contributed by atoms with Crippen LogP contribution in [0.5, 0.6) is 23.0 Å². The van der Waals surface area contributed by atoms with E-state index in [9.17, 15) is 9.59 Å². The van der Waals surface area contributed by atoms with Gasteiger partial charge in [0, 0.05) is 5.56 Å². The minimum absolute atomic E-state index is 0.238.